The topological polar surface area (TPSA) is 43.0 Å². The number of nitrogens with zero attached hydrogens (tertiary/aromatic N) is 1. The lowest BCUT2D eigenvalue weighted by Crippen LogP contribution is -2.37. The van der Waals surface area contributed by atoms with Crippen molar-refractivity contribution in [2.45, 2.75) is 51.4 Å². The van der Waals surface area contributed by atoms with Crippen molar-refractivity contribution < 1.29 is 14.2 Å². The number of methoxy groups -OCH3 is 2. The Morgan fingerprint density at radius 1 is 1.10 bits per heavy atom. The second-order valence-electron chi connectivity index (χ2n) is 6.16. The van der Waals surface area contributed by atoms with E-state index in [-0.39, 0.29) is 0 Å². The molecule has 0 bridgehead atoms. The largest absolute Gasteiger partial charge is 0.385 e. The van der Waals surface area contributed by atoms with Gasteiger partial charge in [-0.05, 0) is 19.3 Å². The maximum Gasteiger partial charge on any atom is 0.0707 e. The Balaban J connectivity index is 2.26. The van der Waals surface area contributed by atoms with Gasteiger partial charge in [-0.2, -0.15) is 0 Å². The Labute approximate surface area is 130 Å². The van der Waals surface area contributed by atoms with E-state index in [0.29, 0.717) is 18.2 Å². The highest BCUT2D eigenvalue weighted by Crippen LogP contribution is 2.20. The van der Waals surface area contributed by atoms with Crippen molar-refractivity contribution in [1.29, 1.82) is 0 Å². The van der Waals surface area contributed by atoms with Crippen LogP contribution in [-0.4, -0.2) is 76.8 Å². The van der Waals surface area contributed by atoms with Crippen LogP contribution in [0.1, 0.15) is 33.1 Å². The van der Waals surface area contributed by atoms with Crippen LogP contribution in [0.3, 0.4) is 0 Å². The molecule has 1 aliphatic rings. The highest BCUT2D eigenvalue weighted by molar-refractivity contribution is 4.78. The van der Waals surface area contributed by atoms with E-state index < -0.39 is 0 Å². The zero-order valence-electron chi connectivity index (χ0n) is 14.3. The predicted molar refractivity (Wildman–Crippen MR) is 85.8 cm³/mol. The van der Waals surface area contributed by atoms with E-state index in [2.05, 4.69) is 24.1 Å². The lowest BCUT2D eigenvalue weighted by molar-refractivity contribution is 0.0165. The first-order valence-electron chi connectivity index (χ1n) is 8.24. The minimum atomic E-state index is 0.364. The number of ether oxygens (including phenoxy) is 3. The maximum absolute atomic E-state index is 6.15. The van der Waals surface area contributed by atoms with Gasteiger partial charge in [-0.3, -0.25) is 4.90 Å². The quantitative estimate of drug-likeness (QED) is 0.554. The fourth-order valence-corrected chi connectivity index (χ4v) is 2.67. The molecule has 0 spiro atoms. The van der Waals surface area contributed by atoms with Gasteiger partial charge < -0.3 is 19.5 Å². The van der Waals surface area contributed by atoms with E-state index >= 15 is 0 Å². The van der Waals surface area contributed by atoms with Gasteiger partial charge >= 0.3 is 0 Å². The maximum atomic E-state index is 6.15. The number of hydrogen-bond acceptors (Lipinski definition) is 5. The van der Waals surface area contributed by atoms with E-state index in [0.717, 1.165) is 52.2 Å². The van der Waals surface area contributed by atoms with Gasteiger partial charge in [-0.15, -0.1) is 0 Å². The molecule has 1 heterocycles. The molecule has 0 saturated carbocycles. The molecule has 1 aliphatic heterocycles. The van der Waals surface area contributed by atoms with E-state index in [1.807, 2.05) is 0 Å². The second-order valence-corrected chi connectivity index (χ2v) is 6.16. The molecule has 21 heavy (non-hydrogen) atoms. The molecular formula is C16H34N2O3. The molecule has 0 aromatic heterocycles. The van der Waals surface area contributed by atoms with Gasteiger partial charge in [0.25, 0.3) is 0 Å². The van der Waals surface area contributed by atoms with Gasteiger partial charge in [0.1, 0.15) is 0 Å². The summed E-state index contributed by atoms with van der Waals surface area (Å²) >= 11 is 0. The van der Waals surface area contributed by atoms with Gasteiger partial charge in [0.15, 0.2) is 0 Å². The number of nitrogens with one attached hydrogen (secondary N) is 1. The van der Waals surface area contributed by atoms with Crippen molar-refractivity contribution in [3.05, 3.63) is 0 Å². The normalized spacial score (nSPS) is 22.6. The van der Waals surface area contributed by atoms with Crippen LogP contribution in [0.5, 0.6) is 0 Å². The fourth-order valence-electron chi connectivity index (χ4n) is 2.67. The van der Waals surface area contributed by atoms with E-state index in [4.69, 9.17) is 14.2 Å². The highest BCUT2D eigenvalue weighted by Gasteiger charge is 2.26. The van der Waals surface area contributed by atoms with Crippen LogP contribution in [-0.2, 0) is 14.2 Å². The van der Waals surface area contributed by atoms with Gasteiger partial charge in [0.2, 0.25) is 0 Å². The average Bonchev–Trinajstić information content (AvgIpc) is 2.90. The van der Waals surface area contributed by atoms with Crippen LogP contribution < -0.4 is 5.32 Å². The molecular weight excluding hydrogens is 268 g/mol. The van der Waals surface area contributed by atoms with Crippen molar-refractivity contribution in [3.63, 3.8) is 0 Å². The SMILES string of the molecule is COCCCN(CCOC)CC1CCC(CNC(C)C)O1. The lowest BCUT2D eigenvalue weighted by atomic mass is 10.2. The third-order valence-corrected chi connectivity index (χ3v) is 3.85. The summed E-state index contributed by atoms with van der Waals surface area (Å²) in [5.74, 6) is 0. The number of rotatable bonds is 12. The minimum Gasteiger partial charge on any atom is -0.385 e. The first-order valence-corrected chi connectivity index (χ1v) is 8.24. The van der Waals surface area contributed by atoms with Crippen molar-refractivity contribution >= 4 is 0 Å². The molecule has 5 nitrogen and oxygen atoms in total. The molecule has 5 heteroatoms. The van der Waals surface area contributed by atoms with Gasteiger partial charge in [0.05, 0.1) is 18.8 Å². The summed E-state index contributed by atoms with van der Waals surface area (Å²) in [6.07, 6.45) is 4.13. The lowest BCUT2D eigenvalue weighted by Gasteiger charge is -2.25. The van der Waals surface area contributed by atoms with Crippen LogP contribution in [0.4, 0.5) is 0 Å². The summed E-state index contributed by atoms with van der Waals surface area (Å²) in [5.41, 5.74) is 0. The molecule has 2 unspecified atom stereocenters. The summed E-state index contributed by atoms with van der Waals surface area (Å²) < 4.78 is 16.5. The molecule has 0 aromatic carbocycles. The fraction of sp³-hybridized carbons (Fsp3) is 1.00. The Morgan fingerprint density at radius 2 is 1.81 bits per heavy atom. The Bertz CT molecular complexity index is 252. The molecule has 1 fully saturated rings. The zero-order valence-corrected chi connectivity index (χ0v) is 14.3. The summed E-state index contributed by atoms with van der Waals surface area (Å²) in [6.45, 7) is 9.93. The first-order chi connectivity index (χ1) is 10.2. The third kappa shape index (κ3) is 8.73. The van der Waals surface area contributed by atoms with Crippen molar-refractivity contribution in [1.82, 2.24) is 10.2 Å². The van der Waals surface area contributed by atoms with Gasteiger partial charge in [0, 0.05) is 53.0 Å². The van der Waals surface area contributed by atoms with Gasteiger partial charge in [-0.25, -0.2) is 0 Å². The van der Waals surface area contributed by atoms with Crippen LogP contribution in [0, 0.1) is 0 Å². The van der Waals surface area contributed by atoms with Crippen molar-refractivity contribution in [2.24, 2.45) is 0 Å². The van der Waals surface area contributed by atoms with Crippen LogP contribution in [0.25, 0.3) is 0 Å². The monoisotopic (exact) mass is 302 g/mol. The highest BCUT2D eigenvalue weighted by atomic mass is 16.5. The molecule has 0 aromatic rings. The molecule has 1 N–H and O–H groups in total. The molecule has 2 atom stereocenters. The van der Waals surface area contributed by atoms with Crippen molar-refractivity contribution in [2.75, 3.05) is 53.6 Å². The third-order valence-electron chi connectivity index (χ3n) is 3.85. The van der Waals surface area contributed by atoms with Crippen LogP contribution in [0.15, 0.2) is 0 Å². The average molecular weight is 302 g/mol. The van der Waals surface area contributed by atoms with Crippen molar-refractivity contribution in [3.8, 4) is 0 Å². The summed E-state index contributed by atoms with van der Waals surface area (Å²) in [6, 6.07) is 0.528. The zero-order chi connectivity index (χ0) is 15.5. The van der Waals surface area contributed by atoms with E-state index in [9.17, 15) is 0 Å². The predicted octanol–water partition coefficient (Wildman–Crippen LogP) is 1.52. The van der Waals surface area contributed by atoms with Gasteiger partial charge in [-0.1, -0.05) is 13.8 Å². The molecule has 1 saturated heterocycles. The second kappa shape index (κ2) is 11.4. The smallest absolute Gasteiger partial charge is 0.0707 e. The summed E-state index contributed by atoms with van der Waals surface area (Å²) in [7, 11) is 3.51. The Hall–Kier alpha value is -0.200. The van der Waals surface area contributed by atoms with Crippen LogP contribution >= 0.6 is 0 Å². The molecule has 0 radical (unpaired) electrons. The molecule has 0 amide bonds. The molecule has 0 aliphatic carbocycles. The number of hydrogen-bond donors (Lipinski definition) is 1. The standard InChI is InChI=1S/C16H34N2O3/c1-14(2)17-12-15-6-7-16(21-15)13-18(9-11-20-4)8-5-10-19-3/h14-17H,5-13H2,1-4H3. The molecule has 126 valence electrons. The van der Waals surface area contributed by atoms with E-state index in [1.165, 1.54) is 6.42 Å². The van der Waals surface area contributed by atoms with E-state index in [1.54, 1.807) is 14.2 Å². The minimum absolute atomic E-state index is 0.364. The Morgan fingerprint density at radius 3 is 2.48 bits per heavy atom. The molecule has 1 rings (SSSR count). The summed E-state index contributed by atoms with van der Waals surface area (Å²) in [5, 5.41) is 3.46. The summed E-state index contributed by atoms with van der Waals surface area (Å²) in [4.78, 5) is 2.44. The first kappa shape index (κ1) is 18.8. The Kier molecular flexibility index (Phi) is 10.2. The van der Waals surface area contributed by atoms with Crippen LogP contribution in [0.2, 0.25) is 0 Å².